The molecule has 0 saturated heterocycles. The highest BCUT2D eigenvalue weighted by molar-refractivity contribution is 6.16. The summed E-state index contributed by atoms with van der Waals surface area (Å²) in [7, 11) is 0. The largest absolute Gasteiger partial charge is 0.339 e. The van der Waals surface area contributed by atoms with Crippen LogP contribution in [0.4, 0.5) is 0 Å². The van der Waals surface area contributed by atoms with E-state index < -0.39 is 0 Å². The van der Waals surface area contributed by atoms with Crippen molar-refractivity contribution in [1.82, 2.24) is 10.1 Å². The number of halogens is 1. The third-order valence-electron chi connectivity index (χ3n) is 2.33. The van der Waals surface area contributed by atoms with Gasteiger partial charge in [-0.2, -0.15) is 4.98 Å². The Morgan fingerprint density at radius 3 is 2.83 bits per heavy atom. The molecule has 4 heteroatoms. The van der Waals surface area contributed by atoms with Crippen LogP contribution in [0.15, 0.2) is 4.52 Å². The second-order valence-corrected chi connectivity index (χ2v) is 3.72. The van der Waals surface area contributed by atoms with E-state index in [2.05, 4.69) is 17.1 Å². The van der Waals surface area contributed by atoms with Gasteiger partial charge in [0.15, 0.2) is 5.82 Å². The van der Waals surface area contributed by atoms with E-state index in [4.69, 9.17) is 16.1 Å². The number of alkyl halides is 1. The lowest BCUT2D eigenvalue weighted by atomic mass is 9.76. The molecule has 1 heterocycles. The molecule has 1 aromatic rings. The molecule has 0 spiro atoms. The minimum absolute atomic E-state index is 0.339. The molecule has 0 aliphatic heterocycles. The van der Waals surface area contributed by atoms with Crippen LogP contribution in [0.2, 0.25) is 0 Å². The number of aromatic nitrogens is 2. The fourth-order valence-corrected chi connectivity index (χ4v) is 1.70. The van der Waals surface area contributed by atoms with E-state index in [0.29, 0.717) is 17.6 Å². The Bertz CT molecular complexity index is 268. The minimum Gasteiger partial charge on any atom is -0.339 e. The molecule has 0 amide bonds. The summed E-state index contributed by atoms with van der Waals surface area (Å²) >= 11 is 5.55. The first-order chi connectivity index (χ1) is 5.79. The highest BCUT2D eigenvalue weighted by Crippen LogP contribution is 2.40. The molecule has 66 valence electrons. The van der Waals surface area contributed by atoms with Crippen molar-refractivity contribution in [2.45, 2.75) is 31.6 Å². The maximum atomic E-state index is 5.55. The van der Waals surface area contributed by atoms with Crippen LogP contribution in [0.1, 0.15) is 37.4 Å². The van der Waals surface area contributed by atoms with Gasteiger partial charge in [0.05, 0.1) is 5.88 Å². The van der Waals surface area contributed by atoms with Gasteiger partial charge >= 0.3 is 0 Å². The number of hydrogen-bond donors (Lipinski definition) is 0. The highest BCUT2D eigenvalue weighted by atomic mass is 35.5. The van der Waals surface area contributed by atoms with E-state index in [1.165, 1.54) is 12.8 Å². The average Bonchev–Trinajstić information content (AvgIpc) is 2.46. The molecule has 1 aromatic heterocycles. The first-order valence-electron chi connectivity index (χ1n) is 4.18. The van der Waals surface area contributed by atoms with E-state index in [0.717, 1.165) is 11.8 Å². The third-order valence-corrected chi connectivity index (χ3v) is 2.57. The normalized spacial score (nSPS) is 28.5. The maximum absolute atomic E-state index is 5.55. The fourth-order valence-electron chi connectivity index (χ4n) is 1.59. The summed E-state index contributed by atoms with van der Waals surface area (Å²) in [5.41, 5.74) is 0. The summed E-state index contributed by atoms with van der Waals surface area (Å²) in [4.78, 5) is 4.18. The van der Waals surface area contributed by atoms with E-state index in [-0.39, 0.29) is 0 Å². The second kappa shape index (κ2) is 3.05. The molecule has 0 unspecified atom stereocenters. The molecule has 12 heavy (non-hydrogen) atoms. The summed E-state index contributed by atoms with van der Waals surface area (Å²) in [6.45, 7) is 2.23. The maximum Gasteiger partial charge on any atom is 0.229 e. The molecule has 1 aliphatic rings. The predicted octanol–water partition coefficient (Wildman–Crippen LogP) is 2.32. The minimum atomic E-state index is 0.339. The summed E-state index contributed by atoms with van der Waals surface area (Å²) in [5, 5.41) is 3.74. The molecule has 0 bridgehead atoms. The Balaban J connectivity index is 2.04. The van der Waals surface area contributed by atoms with Crippen molar-refractivity contribution in [3.05, 3.63) is 11.7 Å². The average molecular weight is 187 g/mol. The summed E-state index contributed by atoms with van der Waals surface area (Å²) in [6.07, 6.45) is 2.34. The van der Waals surface area contributed by atoms with Gasteiger partial charge in [0.1, 0.15) is 0 Å². The summed E-state index contributed by atoms with van der Waals surface area (Å²) < 4.78 is 5.06. The quantitative estimate of drug-likeness (QED) is 0.666. The van der Waals surface area contributed by atoms with Crippen molar-refractivity contribution in [1.29, 1.82) is 0 Å². The lowest BCUT2D eigenvalue weighted by Gasteiger charge is -2.29. The van der Waals surface area contributed by atoms with Crippen LogP contribution in [0.5, 0.6) is 0 Å². The summed E-state index contributed by atoms with van der Waals surface area (Å²) in [5.74, 6) is 3.01. The zero-order chi connectivity index (χ0) is 8.55. The molecule has 3 nitrogen and oxygen atoms in total. The van der Waals surface area contributed by atoms with Crippen molar-refractivity contribution in [2.75, 3.05) is 0 Å². The van der Waals surface area contributed by atoms with Crippen LogP contribution < -0.4 is 0 Å². The van der Waals surface area contributed by atoms with E-state index in [1.54, 1.807) is 0 Å². The van der Waals surface area contributed by atoms with Gasteiger partial charge < -0.3 is 4.52 Å². The van der Waals surface area contributed by atoms with Crippen LogP contribution in [-0.2, 0) is 5.88 Å². The number of hydrogen-bond acceptors (Lipinski definition) is 3. The zero-order valence-corrected chi connectivity index (χ0v) is 7.71. The molecule has 2 rings (SSSR count). The molecule has 0 atom stereocenters. The molecule has 0 radical (unpaired) electrons. The molecule has 0 N–H and O–H groups in total. The van der Waals surface area contributed by atoms with Crippen LogP contribution in [0, 0.1) is 5.92 Å². The molecule has 0 aromatic carbocycles. The van der Waals surface area contributed by atoms with E-state index >= 15 is 0 Å². The first kappa shape index (κ1) is 8.05. The van der Waals surface area contributed by atoms with Crippen LogP contribution in [0.25, 0.3) is 0 Å². The first-order valence-corrected chi connectivity index (χ1v) is 4.71. The molecule has 1 saturated carbocycles. The Labute approximate surface area is 76.1 Å². The lowest BCUT2D eigenvalue weighted by molar-refractivity contribution is 0.227. The molecule has 1 aliphatic carbocycles. The fraction of sp³-hybridized carbons (Fsp3) is 0.750. The lowest BCUT2D eigenvalue weighted by Crippen LogP contribution is -2.19. The van der Waals surface area contributed by atoms with Gasteiger partial charge in [-0.3, -0.25) is 0 Å². The number of nitrogens with zero attached hydrogens (tertiary/aromatic N) is 2. The van der Waals surface area contributed by atoms with E-state index in [9.17, 15) is 0 Å². The second-order valence-electron chi connectivity index (χ2n) is 3.46. The molecular weight excluding hydrogens is 176 g/mol. The van der Waals surface area contributed by atoms with Crippen molar-refractivity contribution >= 4 is 11.6 Å². The van der Waals surface area contributed by atoms with Crippen molar-refractivity contribution in [3.8, 4) is 0 Å². The summed E-state index contributed by atoms with van der Waals surface area (Å²) in [6, 6.07) is 0. The zero-order valence-electron chi connectivity index (χ0n) is 6.96. The van der Waals surface area contributed by atoms with E-state index in [1.807, 2.05) is 0 Å². The van der Waals surface area contributed by atoms with Gasteiger partial charge in [0, 0.05) is 5.92 Å². The Kier molecular flexibility index (Phi) is 2.05. The third kappa shape index (κ3) is 1.33. The monoisotopic (exact) mass is 186 g/mol. The predicted molar refractivity (Wildman–Crippen MR) is 45.0 cm³/mol. The van der Waals surface area contributed by atoms with Crippen LogP contribution >= 0.6 is 11.6 Å². The van der Waals surface area contributed by atoms with Crippen molar-refractivity contribution in [2.24, 2.45) is 5.92 Å². The Morgan fingerprint density at radius 1 is 1.58 bits per heavy atom. The highest BCUT2D eigenvalue weighted by Gasteiger charge is 2.31. The molecule has 1 fully saturated rings. The standard InChI is InChI=1S/C8H11ClN2O/c1-5-2-6(3-5)8-10-7(4-9)11-12-8/h5-6H,2-4H2,1H3. The topological polar surface area (TPSA) is 38.9 Å². The molecular formula is C8H11ClN2O. The van der Waals surface area contributed by atoms with Crippen molar-refractivity contribution in [3.63, 3.8) is 0 Å². The van der Waals surface area contributed by atoms with Crippen molar-refractivity contribution < 1.29 is 4.52 Å². The smallest absolute Gasteiger partial charge is 0.229 e. The van der Waals surface area contributed by atoms with Crippen LogP contribution in [0.3, 0.4) is 0 Å². The Morgan fingerprint density at radius 2 is 2.33 bits per heavy atom. The van der Waals surface area contributed by atoms with Gasteiger partial charge in [-0.15, -0.1) is 11.6 Å². The van der Waals surface area contributed by atoms with Gasteiger partial charge in [-0.05, 0) is 18.8 Å². The van der Waals surface area contributed by atoms with Gasteiger partial charge in [0.2, 0.25) is 5.89 Å². The van der Waals surface area contributed by atoms with Gasteiger partial charge in [0.25, 0.3) is 0 Å². The van der Waals surface area contributed by atoms with Gasteiger partial charge in [-0.25, -0.2) is 0 Å². The van der Waals surface area contributed by atoms with Gasteiger partial charge in [-0.1, -0.05) is 12.1 Å². The Hall–Kier alpha value is -0.570. The van der Waals surface area contributed by atoms with Crippen LogP contribution in [-0.4, -0.2) is 10.1 Å². The number of rotatable bonds is 2. The SMILES string of the molecule is CC1CC(c2nc(CCl)no2)C1.